The summed E-state index contributed by atoms with van der Waals surface area (Å²) in [6, 6.07) is 26.2. The van der Waals surface area contributed by atoms with Crippen molar-refractivity contribution in [3.63, 3.8) is 0 Å². The van der Waals surface area contributed by atoms with Gasteiger partial charge in [-0.2, -0.15) is 0 Å². The van der Waals surface area contributed by atoms with Crippen LogP contribution in [0.15, 0.2) is 91.0 Å². The van der Waals surface area contributed by atoms with Gasteiger partial charge in [0.1, 0.15) is 30.7 Å². The van der Waals surface area contributed by atoms with Gasteiger partial charge in [0.15, 0.2) is 0 Å². The van der Waals surface area contributed by atoms with Gasteiger partial charge in [-0.05, 0) is 48.8 Å². The molecule has 2 heterocycles. The summed E-state index contributed by atoms with van der Waals surface area (Å²) in [6.07, 6.45) is 2.66. The quantitative estimate of drug-likeness (QED) is 0.339. The SMILES string of the molecule is O=C(OCc1ccccc1)C(CCc1ccccc1)N[C@@H]1CCC[C@H]2N(C1=O)[C@@H](C(=O)OCc1ccccc1)C[S@@]2=O. The highest BCUT2D eigenvalue weighted by atomic mass is 32.2. The third-order valence-corrected chi connectivity index (χ3v) is 9.45. The van der Waals surface area contributed by atoms with Crippen molar-refractivity contribution in [3.8, 4) is 0 Å². The average molecular weight is 589 g/mol. The number of esters is 2. The first-order valence-electron chi connectivity index (χ1n) is 14.4. The van der Waals surface area contributed by atoms with E-state index < -0.39 is 46.2 Å². The van der Waals surface area contributed by atoms with E-state index in [1.807, 2.05) is 91.0 Å². The van der Waals surface area contributed by atoms with Crippen molar-refractivity contribution in [1.82, 2.24) is 10.2 Å². The molecule has 2 aliphatic rings. The van der Waals surface area contributed by atoms with Gasteiger partial charge in [-0.15, -0.1) is 0 Å². The zero-order valence-electron chi connectivity index (χ0n) is 23.4. The maximum Gasteiger partial charge on any atom is 0.330 e. The predicted molar refractivity (Wildman–Crippen MR) is 159 cm³/mol. The maximum absolute atomic E-state index is 13.9. The van der Waals surface area contributed by atoms with E-state index in [2.05, 4.69) is 5.32 Å². The average Bonchev–Trinajstić information content (AvgIpc) is 3.27. The summed E-state index contributed by atoms with van der Waals surface area (Å²) in [7, 11) is -1.37. The zero-order valence-corrected chi connectivity index (χ0v) is 24.2. The number of aryl methyl sites for hydroxylation is 1. The minimum Gasteiger partial charge on any atom is -0.460 e. The lowest BCUT2D eigenvalue weighted by Crippen LogP contribution is -2.55. The van der Waals surface area contributed by atoms with Crippen molar-refractivity contribution in [3.05, 3.63) is 108 Å². The van der Waals surface area contributed by atoms with E-state index in [1.54, 1.807) is 0 Å². The van der Waals surface area contributed by atoms with Crippen LogP contribution in [0.5, 0.6) is 0 Å². The second kappa shape index (κ2) is 14.4. The molecule has 0 aliphatic carbocycles. The van der Waals surface area contributed by atoms with E-state index >= 15 is 0 Å². The molecule has 220 valence electrons. The molecule has 1 amide bonds. The third-order valence-electron chi connectivity index (χ3n) is 7.74. The number of rotatable bonds is 11. The Labute approximate surface area is 248 Å². The highest BCUT2D eigenvalue weighted by Crippen LogP contribution is 2.30. The third kappa shape index (κ3) is 7.52. The van der Waals surface area contributed by atoms with Gasteiger partial charge in [-0.3, -0.25) is 19.1 Å². The van der Waals surface area contributed by atoms with Crippen LogP contribution in [-0.4, -0.2) is 56.2 Å². The summed E-state index contributed by atoms with van der Waals surface area (Å²) in [4.78, 5) is 41.9. The Morgan fingerprint density at radius 2 is 1.40 bits per heavy atom. The lowest BCUT2D eigenvalue weighted by Gasteiger charge is -2.30. The predicted octanol–water partition coefficient (Wildman–Crippen LogP) is 3.90. The summed E-state index contributed by atoms with van der Waals surface area (Å²) in [5.41, 5.74) is 2.78. The number of carbonyl (C=O) groups is 3. The number of benzene rings is 3. The molecule has 2 saturated heterocycles. The number of hydrogen-bond donors (Lipinski definition) is 1. The van der Waals surface area contributed by atoms with Crippen molar-refractivity contribution < 1.29 is 28.1 Å². The fourth-order valence-corrected chi connectivity index (χ4v) is 7.26. The van der Waals surface area contributed by atoms with Gasteiger partial charge < -0.3 is 14.4 Å². The summed E-state index contributed by atoms with van der Waals surface area (Å²) in [5, 5.41) is 2.73. The Morgan fingerprint density at radius 1 is 0.833 bits per heavy atom. The molecule has 0 aromatic heterocycles. The first-order valence-corrected chi connectivity index (χ1v) is 15.8. The van der Waals surface area contributed by atoms with Crippen LogP contribution in [0, 0.1) is 0 Å². The number of nitrogens with one attached hydrogen (secondary N) is 1. The minimum atomic E-state index is -1.37. The molecular weight excluding hydrogens is 552 g/mol. The number of carbonyl (C=O) groups excluding carboxylic acids is 3. The number of hydrogen-bond acceptors (Lipinski definition) is 7. The van der Waals surface area contributed by atoms with Gasteiger partial charge >= 0.3 is 11.9 Å². The van der Waals surface area contributed by atoms with E-state index in [0.29, 0.717) is 32.1 Å². The Kier molecular flexibility index (Phi) is 10.2. The van der Waals surface area contributed by atoms with Crippen molar-refractivity contribution in [1.29, 1.82) is 0 Å². The molecule has 3 aromatic rings. The molecular formula is C33H36N2O6S. The number of ether oxygens (including phenoxy) is 2. The molecule has 2 aliphatic heterocycles. The maximum atomic E-state index is 13.9. The molecule has 0 bridgehead atoms. The molecule has 42 heavy (non-hydrogen) atoms. The number of amides is 1. The second-order valence-electron chi connectivity index (χ2n) is 10.7. The molecule has 9 heteroatoms. The van der Waals surface area contributed by atoms with Gasteiger partial charge in [0.05, 0.1) is 11.8 Å². The molecule has 0 saturated carbocycles. The normalized spacial score (nSPS) is 22.6. The number of nitrogens with zero attached hydrogens (tertiary/aromatic N) is 1. The summed E-state index contributed by atoms with van der Waals surface area (Å²) < 4.78 is 24.3. The van der Waals surface area contributed by atoms with Gasteiger partial charge in [0.2, 0.25) is 5.91 Å². The highest BCUT2D eigenvalue weighted by Gasteiger charge is 2.49. The van der Waals surface area contributed by atoms with E-state index in [1.165, 1.54) is 4.90 Å². The summed E-state index contributed by atoms with van der Waals surface area (Å²) in [5.74, 6) is -1.28. The first-order chi connectivity index (χ1) is 20.5. The lowest BCUT2D eigenvalue weighted by molar-refractivity contribution is -0.156. The van der Waals surface area contributed by atoms with Crippen LogP contribution in [0.3, 0.4) is 0 Å². The first kappa shape index (κ1) is 29.7. The van der Waals surface area contributed by atoms with Crippen LogP contribution >= 0.6 is 0 Å². The largest absolute Gasteiger partial charge is 0.460 e. The molecule has 0 spiro atoms. The van der Waals surface area contributed by atoms with E-state index in [4.69, 9.17) is 9.47 Å². The molecule has 5 rings (SSSR count). The van der Waals surface area contributed by atoms with Crippen molar-refractivity contribution >= 4 is 28.6 Å². The monoisotopic (exact) mass is 588 g/mol. The fraction of sp³-hybridized carbons (Fsp3) is 0.364. The fourth-order valence-electron chi connectivity index (χ4n) is 5.50. The van der Waals surface area contributed by atoms with E-state index in [0.717, 1.165) is 16.7 Å². The van der Waals surface area contributed by atoms with Gasteiger partial charge in [-0.25, -0.2) is 4.79 Å². The Balaban J connectivity index is 1.29. The topological polar surface area (TPSA) is 102 Å². The second-order valence-corrected chi connectivity index (χ2v) is 12.3. The Bertz CT molecular complexity index is 1370. The lowest BCUT2D eigenvalue weighted by atomic mass is 10.0. The van der Waals surface area contributed by atoms with E-state index in [9.17, 15) is 18.6 Å². The van der Waals surface area contributed by atoms with Gasteiger partial charge in [0, 0.05) is 10.8 Å². The molecule has 1 unspecified atom stereocenters. The summed E-state index contributed by atoms with van der Waals surface area (Å²) >= 11 is 0. The van der Waals surface area contributed by atoms with Gasteiger partial charge in [-0.1, -0.05) is 91.0 Å². The molecule has 2 fully saturated rings. The molecule has 8 nitrogen and oxygen atoms in total. The summed E-state index contributed by atoms with van der Waals surface area (Å²) in [6.45, 7) is 0.205. The highest BCUT2D eigenvalue weighted by molar-refractivity contribution is 7.86. The van der Waals surface area contributed by atoms with Crippen molar-refractivity contribution in [2.45, 2.75) is 68.8 Å². The Morgan fingerprint density at radius 3 is 2.02 bits per heavy atom. The Hall–Kier alpha value is -3.82. The molecule has 1 N–H and O–H groups in total. The van der Waals surface area contributed by atoms with Gasteiger partial charge in [0.25, 0.3) is 0 Å². The molecule has 0 radical (unpaired) electrons. The van der Waals surface area contributed by atoms with Crippen molar-refractivity contribution in [2.24, 2.45) is 0 Å². The minimum absolute atomic E-state index is 0.0489. The number of fused-ring (bicyclic) bond motifs is 1. The van der Waals surface area contributed by atoms with Crippen LogP contribution < -0.4 is 5.32 Å². The van der Waals surface area contributed by atoms with Crippen LogP contribution in [0.2, 0.25) is 0 Å². The van der Waals surface area contributed by atoms with Crippen LogP contribution in [-0.2, 0) is 54.3 Å². The molecule has 3 aromatic carbocycles. The standard InChI is InChI=1S/C33H36N2O6S/c36-31-27(17-10-18-30-35(31)29(23-42(30)39)33(38)41-22-26-15-8-3-9-16-26)34-28(20-19-24-11-4-1-5-12-24)32(37)40-21-25-13-6-2-7-14-25/h1-9,11-16,27-30,34H,10,17-23H2/t27-,28?,29-,30+,42+/m1/s1. The van der Waals surface area contributed by atoms with Crippen LogP contribution in [0.1, 0.15) is 42.4 Å². The smallest absolute Gasteiger partial charge is 0.330 e. The molecule has 5 atom stereocenters. The van der Waals surface area contributed by atoms with Crippen LogP contribution in [0.4, 0.5) is 0 Å². The van der Waals surface area contributed by atoms with Crippen LogP contribution in [0.25, 0.3) is 0 Å². The van der Waals surface area contributed by atoms with E-state index in [-0.39, 0.29) is 24.9 Å². The zero-order chi connectivity index (χ0) is 29.3. The van der Waals surface area contributed by atoms with Crippen molar-refractivity contribution in [2.75, 3.05) is 5.75 Å².